The molecule has 0 aliphatic rings. The first kappa shape index (κ1) is 23.0. The van der Waals surface area contributed by atoms with E-state index in [4.69, 9.17) is 16.3 Å². The number of benzene rings is 2. The highest BCUT2D eigenvalue weighted by Crippen LogP contribution is 2.28. The zero-order chi connectivity index (χ0) is 21.8. The molecule has 0 aromatic heterocycles. The average Bonchev–Trinajstić information content (AvgIpc) is 2.63. The lowest BCUT2D eigenvalue weighted by Gasteiger charge is -2.29. The van der Waals surface area contributed by atoms with Crippen LogP contribution in [0.2, 0.25) is 5.02 Å². The third-order valence-electron chi connectivity index (χ3n) is 4.50. The minimum absolute atomic E-state index is 0.253. The molecular formula is C21H27ClN2O4S. The Morgan fingerprint density at radius 1 is 1.14 bits per heavy atom. The number of amides is 1. The second-order valence-corrected chi connectivity index (χ2v) is 9.37. The zero-order valence-corrected chi connectivity index (χ0v) is 18.9. The van der Waals surface area contributed by atoms with Gasteiger partial charge < -0.3 is 10.1 Å². The number of anilines is 1. The smallest absolute Gasteiger partial charge is 0.243 e. The van der Waals surface area contributed by atoms with Gasteiger partial charge in [-0.3, -0.25) is 9.10 Å². The number of hydrogen-bond donors (Lipinski definition) is 1. The fraction of sp³-hybridized carbons (Fsp3) is 0.381. The van der Waals surface area contributed by atoms with Crippen molar-refractivity contribution >= 4 is 33.2 Å². The molecular weight excluding hydrogens is 412 g/mol. The maximum Gasteiger partial charge on any atom is 0.243 e. The van der Waals surface area contributed by atoms with Gasteiger partial charge in [-0.25, -0.2) is 8.42 Å². The van der Waals surface area contributed by atoms with Gasteiger partial charge in [0.15, 0.2) is 0 Å². The fourth-order valence-corrected chi connectivity index (χ4v) is 4.34. The molecule has 0 aliphatic carbocycles. The van der Waals surface area contributed by atoms with Crippen molar-refractivity contribution in [3.05, 3.63) is 58.1 Å². The number of hydrogen-bond acceptors (Lipinski definition) is 4. The molecule has 2 aromatic carbocycles. The molecule has 0 bridgehead atoms. The molecule has 0 heterocycles. The number of carbonyl (C=O) groups excluding carboxylic acids is 1. The molecule has 0 fully saturated rings. The molecule has 0 spiro atoms. The standard InChI is InChI=1S/C21H27ClN2O4S/c1-14-6-7-16(3)20(12-14)28-11-10-23-21(25)17(4)24(29(5,26)27)19-13-18(22)9-8-15(19)2/h6-9,12-13,17H,10-11H2,1-5H3,(H,23,25)/t17-/m1/s1. The summed E-state index contributed by atoms with van der Waals surface area (Å²) < 4.78 is 31.6. The summed E-state index contributed by atoms with van der Waals surface area (Å²) in [4.78, 5) is 12.6. The summed E-state index contributed by atoms with van der Waals surface area (Å²) in [5, 5.41) is 3.14. The van der Waals surface area contributed by atoms with Gasteiger partial charge in [0.2, 0.25) is 15.9 Å². The Kier molecular flexibility index (Phi) is 7.54. The van der Waals surface area contributed by atoms with E-state index in [1.807, 2.05) is 32.0 Å². The van der Waals surface area contributed by atoms with Gasteiger partial charge in [-0.05, 0) is 62.6 Å². The first-order chi connectivity index (χ1) is 13.5. The highest BCUT2D eigenvalue weighted by molar-refractivity contribution is 7.92. The molecule has 1 amide bonds. The Balaban J connectivity index is 2.06. The van der Waals surface area contributed by atoms with E-state index in [0.717, 1.165) is 27.4 Å². The van der Waals surface area contributed by atoms with Gasteiger partial charge in [-0.15, -0.1) is 0 Å². The van der Waals surface area contributed by atoms with Crippen LogP contribution in [0.4, 0.5) is 5.69 Å². The van der Waals surface area contributed by atoms with Crippen molar-refractivity contribution in [3.8, 4) is 5.75 Å². The van der Waals surface area contributed by atoms with Gasteiger partial charge in [-0.1, -0.05) is 29.8 Å². The van der Waals surface area contributed by atoms with Crippen LogP contribution in [0.1, 0.15) is 23.6 Å². The Labute approximate surface area is 177 Å². The van der Waals surface area contributed by atoms with Crippen molar-refractivity contribution in [3.63, 3.8) is 0 Å². The van der Waals surface area contributed by atoms with Crippen LogP contribution in [0.3, 0.4) is 0 Å². The summed E-state index contributed by atoms with van der Waals surface area (Å²) in [6.45, 7) is 7.77. The lowest BCUT2D eigenvalue weighted by atomic mass is 10.1. The second-order valence-electron chi connectivity index (χ2n) is 7.07. The number of nitrogens with zero attached hydrogens (tertiary/aromatic N) is 1. The number of carbonyl (C=O) groups is 1. The van der Waals surface area contributed by atoms with E-state index in [9.17, 15) is 13.2 Å². The predicted molar refractivity (Wildman–Crippen MR) is 117 cm³/mol. The first-order valence-corrected chi connectivity index (χ1v) is 11.5. The van der Waals surface area contributed by atoms with Crippen LogP contribution < -0.4 is 14.4 Å². The van der Waals surface area contributed by atoms with Gasteiger partial charge in [0.25, 0.3) is 0 Å². The van der Waals surface area contributed by atoms with Crippen molar-refractivity contribution in [1.29, 1.82) is 0 Å². The molecule has 2 rings (SSSR count). The third kappa shape index (κ3) is 6.11. The summed E-state index contributed by atoms with van der Waals surface area (Å²) in [7, 11) is -3.70. The number of aryl methyl sites for hydroxylation is 3. The van der Waals surface area contributed by atoms with Crippen molar-refractivity contribution in [1.82, 2.24) is 5.32 Å². The molecule has 158 valence electrons. The SMILES string of the molecule is Cc1ccc(C)c(OCCNC(=O)[C@@H](C)N(c2cc(Cl)ccc2C)S(C)(=O)=O)c1. The van der Waals surface area contributed by atoms with E-state index in [2.05, 4.69) is 5.32 Å². The van der Waals surface area contributed by atoms with E-state index in [-0.39, 0.29) is 13.2 Å². The minimum atomic E-state index is -3.70. The summed E-state index contributed by atoms with van der Waals surface area (Å²) in [6.07, 6.45) is 1.07. The van der Waals surface area contributed by atoms with Gasteiger partial charge in [0.05, 0.1) is 18.5 Å². The third-order valence-corrected chi connectivity index (χ3v) is 5.96. The summed E-state index contributed by atoms with van der Waals surface area (Å²) >= 11 is 6.04. The maximum absolute atomic E-state index is 12.6. The van der Waals surface area contributed by atoms with Gasteiger partial charge in [-0.2, -0.15) is 0 Å². The van der Waals surface area contributed by atoms with Crippen molar-refractivity contribution in [2.45, 2.75) is 33.7 Å². The molecule has 6 nitrogen and oxygen atoms in total. The topological polar surface area (TPSA) is 75.7 Å². The van der Waals surface area contributed by atoms with Crippen LogP contribution in [-0.2, 0) is 14.8 Å². The van der Waals surface area contributed by atoms with E-state index in [0.29, 0.717) is 16.3 Å². The Bertz CT molecular complexity index is 992. The van der Waals surface area contributed by atoms with E-state index in [1.54, 1.807) is 32.0 Å². The van der Waals surface area contributed by atoms with E-state index < -0.39 is 22.0 Å². The first-order valence-electron chi connectivity index (χ1n) is 9.24. The van der Waals surface area contributed by atoms with Crippen molar-refractivity contribution in [2.24, 2.45) is 0 Å². The second kappa shape index (κ2) is 9.50. The molecule has 0 radical (unpaired) electrons. The quantitative estimate of drug-likeness (QED) is 0.639. The summed E-state index contributed by atoms with van der Waals surface area (Å²) in [5.41, 5.74) is 3.19. The predicted octanol–water partition coefficient (Wildman–Crippen LogP) is 3.61. The molecule has 0 aliphatic heterocycles. The number of ether oxygens (including phenoxy) is 1. The van der Waals surface area contributed by atoms with Crippen LogP contribution in [0.5, 0.6) is 5.75 Å². The molecule has 0 unspecified atom stereocenters. The Morgan fingerprint density at radius 3 is 2.45 bits per heavy atom. The number of nitrogens with one attached hydrogen (secondary N) is 1. The fourth-order valence-electron chi connectivity index (χ4n) is 2.95. The van der Waals surface area contributed by atoms with Crippen molar-refractivity contribution < 1.29 is 17.9 Å². The highest BCUT2D eigenvalue weighted by atomic mass is 35.5. The zero-order valence-electron chi connectivity index (χ0n) is 17.3. The van der Waals surface area contributed by atoms with Gasteiger partial charge >= 0.3 is 0 Å². The van der Waals surface area contributed by atoms with Crippen LogP contribution in [0, 0.1) is 20.8 Å². The largest absolute Gasteiger partial charge is 0.491 e. The lowest BCUT2D eigenvalue weighted by Crippen LogP contribution is -2.48. The molecule has 29 heavy (non-hydrogen) atoms. The Hall–Kier alpha value is -2.25. The molecule has 2 aromatic rings. The molecule has 0 saturated heterocycles. The van der Waals surface area contributed by atoms with Crippen LogP contribution >= 0.6 is 11.6 Å². The number of rotatable bonds is 8. The number of sulfonamides is 1. The highest BCUT2D eigenvalue weighted by Gasteiger charge is 2.30. The lowest BCUT2D eigenvalue weighted by molar-refractivity contribution is -0.121. The van der Waals surface area contributed by atoms with Gasteiger partial charge in [0, 0.05) is 5.02 Å². The molecule has 1 N–H and O–H groups in total. The number of halogens is 1. The molecule has 0 saturated carbocycles. The summed E-state index contributed by atoms with van der Waals surface area (Å²) in [6, 6.07) is 9.92. The average molecular weight is 439 g/mol. The van der Waals surface area contributed by atoms with Crippen LogP contribution in [0.25, 0.3) is 0 Å². The minimum Gasteiger partial charge on any atom is -0.491 e. The molecule has 1 atom stereocenters. The summed E-state index contributed by atoms with van der Waals surface area (Å²) in [5.74, 6) is 0.346. The van der Waals surface area contributed by atoms with E-state index >= 15 is 0 Å². The van der Waals surface area contributed by atoms with Gasteiger partial charge in [0.1, 0.15) is 18.4 Å². The van der Waals surface area contributed by atoms with E-state index in [1.165, 1.54) is 0 Å². The Morgan fingerprint density at radius 2 is 1.79 bits per heavy atom. The monoisotopic (exact) mass is 438 g/mol. The normalized spacial score (nSPS) is 12.3. The van der Waals surface area contributed by atoms with Crippen LogP contribution in [-0.4, -0.2) is 39.8 Å². The van der Waals surface area contributed by atoms with Crippen LogP contribution in [0.15, 0.2) is 36.4 Å². The maximum atomic E-state index is 12.6. The molecule has 8 heteroatoms. The van der Waals surface area contributed by atoms with Crippen molar-refractivity contribution in [2.75, 3.05) is 23.7 Å².